The molecule has 7 heteroatoms. The number of aromatic nitrogens is 2. The van der Waals surface area contributed by atoms with Crippen molar-refractivity contribution >= 4 is 22.4 Å². The molecule has 0 unspecified atom stereocenters. The second kappa shape index (κ2) is 8.54. The number of hydrogen-bond donors (Lipinski definition) is 1. The highest BCUT2D eigenvalue weighted by atomic mass is 32.1. The van der Waals surface area contributed by atoms with Crippen molar-refractivity contribution < 1.29 is 14.3 Å². The maximum atomic E-state index is 12.8. The molecule has 0 saturated carbocycles. The van der Waals surface area contributed by atoms with Gasteiger partial charge in [-0.2, -0.15) is 0 Å². The van der Waals surface area contributed by atoms with E-state index in [1.54, 1.807) is 0 Å². The van der Waals surface area contributed by atoms with E-state index in [-0.39, 0.29) is 12.0 Å². The molecule has 0 radical (unpaired) electrons. The Hall–Kier alpha value is -1.70. The van der Waals surface area contributed by atoms with Crippen molar-refractivity contribution in [2.75, 3.05) is 18.5 Å². The standard InChI is InChI=1S/C20H29N3O3S/c1-14(2)26-20(3,4)17-13-27-19(21-17)22-18(24)16-6-5-9-23(16)12-15-7-10-25-11-8-15/h5-6,9,13-15H,7-8,10-12H2,1-4H3,(H,21,22,24). The van der Waals surface area contributed by atoms with Gasteiger partial charge in [-0.05, 0) is 58.6 Å². The van der Waals surface area contributed by atoms with Crippen molar-refractivity contribution in [1.82, 2.24) is 9.55 Å². The van der Waals surface area contributed by atoms with Crippen LogP contribution in [0.4, 0.5) is 5.13 Å². The summed E-state index contributed by atoms with van der Waals surface area (Å²) in [5.74, 6) is 0.425. The average Bonchev–Trinajstić information content (AvgIpc) is 3.24. The second-order valence-corrected chi connectivity index (χ2v) is 8.63. The molecule has 1 aliphatic heterocycles. The maximum absolute atomic E-state index is 12.8. The number of carbonyl (C=O) groups is 1. The van der Waals surface area contributed by atoms with E-state index in [1.165, 1.54) is 11.3 Å². The van der Waals surface area contributed by atoms with Crippen molar-refractivity contribution in [3.05, 3.63) is 35.1 Å². The van der Waals surface area contributed by atoms with Gasteiger partial charge in [0.05, 0.1) is 11.8 Å². The summed E-state index contributed by atoms with van der Waals surface area (Å²) in [5, 5.41) is 5.47. The number of carbonyl (C=O) groups excluding carboxylic acids is 1. The number of nitrogens with one attached hydrogen (secondary N) is 1. The van der Waals surface area contributed by atoms with Gasteiger partial charge in [-0.3, -0.25) is 10.1 Å². The van der Waals surface area contributed by atoms with Gasteiger partial charge in [-0.1, -0.05) is 0 Å². The van der Waals surface area contributed by atoms with Gasteiger partial charge in [0.2, 0.25) is 0 Å². The highest BCUT2D eigenvalue weighted by Gasteiger charge is 2.26. The molecule has 1 amide bonds. The number of thiazole rings is 1. The van der Waals surface area contributed by atoms with Crippen LogP contribution < -0.4 is 5.32 Å². The lowest BCUT2D eigenvalue weighted by Crippen LogP contribution is -2.26. The third-order valence-electron chi connectivity index (χ3n) is 4.73. The molecule has 3 heterocycles. The zero-order valence-corrected chi connectivity index (χ0v) is 17.3. The average molecular weight is 392 g/mol. The number of ether oxygens (including phenoxy) is 2. The topological polar surface area (TPSA) is 65.4 Å². The van der Waals surface area contributed by atoms with E-state index < -0.39 is 5.60 Å². The normalized spacial score (nSPS) is 16.0. The van der Waals surface area contributed by atoms with Crippen LogP contribution in [-0.2, 0) is 21.6 Å². The summed E-state index contributed by atoms with van der Waals surface area (Å²) in [5.41, 5.74) is 1.00. The lowest BCUT2D eigenvalue weighted by Gasteiger charge is -2.25. The molecule has 6 nitrogen and oxygen atoms in total. The molecule has 27 heavy (non-hydrogen) atoms. The van der Waals surface area contributed by atoms with E-state index >= 15 is 0 Å². The Morgan fingerprint density at radius 1 is 1.44 bits per heavy atom. The van der Waals surface area contributed by atoms with Crippen LogP contribution in [0.3, 0.4) is 0 Å². The third kappa shape index (κ3) is 5.18. The van der Waals surface area contributed by atoms with Crippen LogP contribution in [-0.4, -0.2) is 34.8 Å². The van der Waals surface area contributed by atoms with Crippen LogP contribution in [0.1, 0.15) is 56.7 Å². The zero-order chi connectivity index (χ0) is 19.4. The molecule has 1 aliphatic rings. The van der Waals surface area contributed by atoms with E-state index in [0.29, 0.717) is 16.7 Å². The lowest BCUT2D eigenvalue weighted by atomic mass is 10.0. The Morgan fingerprint density at radius 2 is 2.19 bits per heavy atom. The number of nitrogens with zero attached hydrogens (tertiary/aromatic N) is 2. The molecule has 0 aliphatic carbocycles. The quantitative estimate of drug-likeness (QED) is 0.765. The van der Waals surface area contributed by atoms with Gasteiger partial charge in [-0.15, -0.1) is 11.3 Å². The first-order valence-electron chi connectivity index (χ1n) is 9.53. The Balaban J connectivity index is 1.65. The second-order valence-electron chi connectivity index (χ2n) is 7.77. The summed E-state index contributed by atoms with van der Waals surface area (Å²) in [6.45, 7) is 10.5. The molecule has 2 aromatic rings. The Bertz CT molecular complexity index is 760. The van der Waals surface area contributed by atoms with E-state index in [4.69, 9.17) is 9.47 Å². The summed E-state index contributed by atoms with van der Waals surface area (Å²) in [6.07, 6.45) is 4.16. The summed E-state index contributed by atoms with van der Waals surface area (Å²) in [4.78, 5) is 17.3. The number of amides is 1. The fourth-order valence-corrected chi connectivity index (χ4v) is 4.27. The van der Waals surface area contributed by atoms with Crippen molar-refractivity contribution in [3.8, 4) is 0 Å². The highest BCUT2D eigenvalue weighted by molar-refractivity contribution is 7.14. The number of anilines is 1. The minimum absolute atomic E-state index is 0.105. The van der Waals surface area contributed by atoms with Crippen LogP contribution in [0.15, 0.2) is 23.7 Å². The fraction of sp³-hybridized carbons (Fsp3) is 0.600. The van der Waals surface area contributed by atoms with Gasteiger partial charge in [0, 0.05) is 31.3 Å². The fourth-order valence-electron chi connectivity index (χ4n) is 3.41. The van der Waals surface area contributed by atoms with Crippen molar-refractivity contribution in [2.45, 2.75) is 58.8 Å². The van der Waals surface area contributed by atoms with Crippen molar-refractivity contribution in [1.29, 1.82) is 0 Å². The van der Waals surface area contributed by atoms with E-state index in [1.807, 2.05) is 56.0 Å². The van der Waals surface area contributed by atoms with Gasteiger partial charge in [0.25, 0.3) is 5.91 Å². The van der Waals surface area contributed by atoms with Crippen LogP contribution in [0.25, 0.3) is 0 Å². The van der Waals surface area contributed by atoms with E-state index in [9.17, 15) is 4.79 Å². The summed E-state index contributed by atoms with van der Waals surface area (Å²) in [6, 6.07) is 3.77. The van der Waals surface area contributed by atoms with E-state index in [0.717, 1.165) is 38.3 Å². The molecule has 3 rings (SSSR count). The Kier molecular flexibility index (Phi) is 6.34. The maximum Gasteiger partial charge on any atom is 0.274 e. The van der Waals surface area contributed by atoms with Crippen LogP contribution in [0, 0.1) is 5.92 Å². The first-order valence-corrected chi connectivity index (χ1v) is 10.4. The predicted octanol–water partition coefficient (Wildman–Crippen LogP) is 4.28. The lowest BCUT2D eigenvalue weighted by molar-refractivity contribution is -0.0623. The Labute approximate surface area is 164 Å². The highest BCUT2D eigenvalue weighted by Crippen LogP contribution is 2.29. The molecule has 2 aromatic heterocycles. The molecule has 0 aromatic carbocycles. The predicted molar refractivity (Wildman–Crippen MR) is 107 cm³/mol. The molecule has 0 bridgehead atoms. The smallest absolute Gasteiger partial charge is 0.274 e. The van der Waals surface area contributed by atoms with Gasteiger partial charge in [-0.25, -0.2) is 4.98 Å². The first-order chi connectivity index (χ1) is 12.8. The number of hydrogen-bond acceptors (Lipinski definition) is 5. The van der Waals surface area contributed by atoms with Gasteiger partial charge in [0.15, 0.2) is 5.13 Å². The minimum Gasteiger partial charge on any atom is -0.381 e. The zero-order valence-electron chi connectivity index (χ0n) is 16.5. The molecule has 1 fully saturated rings. The molecular weight excluding hydrogens is 362 g/mol. The largest absolute Gasteiger partial charge is 0.381 e. The van der Waals surface area contributed by atoms with Crippen LogP contribution >= 0.6 is 11.3 Å². The molecular formula is C20H29N3O3S. The summed E-state index contributed by atoms with van der Waals surface area (Å²) >= 11 is 1.42. The van der Waals surface area contributed by atoms with Crippen molar-refractivity contribution in [3.63, 3.8) is 0 Å². The third-order valence-corrected chi connectivity index (χ3v) is 5.49. The van der Waals surface area contributed by atoms with Crippen LogP contribution in [0.2, 0.25) is 0 Å². The monoisotopic (exact) mass is 391 g/mol. The first kappa shape index (κ1) is 20.0. The van der Waals surface area contributed by atoms with E-state index in [2.05, 4.69) is 10.3 Å². The minimum atomic E-state index is -0.489. The summed E-state index contributed by atoms with van der Waals surface area (Å²) < 4.78 is 13.4. The molecule has 0 atom stereocenters. The van der Waals surface area contributed by atoms with Crippen LogP contribution in [0.5, 0.6) is 0 Å². The molecule has 148 valence electrons. The molecule has 0 spiro atoms. The molecule has 1 N–H and O–H groups in total. The molecule has 1 saturated heterocycles. The van der Waals surface area contributed by atoms with Gasteiger partial charge < -0.3 is 14.0 Å². The Morgan fingerprint density at radius 3 is 2.89 bits per heavy atom. The number of rotatable bonds is 7. The van der Waals surface area contributed by atoms with Gasteiger partial charge in [0.1, 0.15) is 11.3 Å². The van der Waals surface area contributed by atoms with Gasteiger partial charge >= 0.3 is 0 Å². The van der Waals surface area contributed by atoms with Crippen molar-refractivity contribution in [2.24, 2.45) is 5.92 Å². The SMILES string of the molecule is CC(C)OC(C)(C)c1csc(NC(=O)c2cccn2CC2CCOCC2)n1. The summed E-state index contributed by atoms with van der Waals surface area (Å²) in [7, 11) is 0.